The molecule has 0 aliphatic heterocycles. The van der Waals surface area contributed by atoms with E-state index in [9.17, 15) is 8.42 Å². The molecule has 9 heteroatoms. The third-order valence-electron chi connectivity index (χ3n) is 2.39. The van der Waals surface area contributed by atoms with Crippen molar-refractivity contribution >= 4 is 27.5 Å². The first-order valence-corrected chi connectivity index (χ1v) is 8.40. The molecule has 0 unspecified atom stereocenters. The highest BCUT2D eigenvalue weighted by atomic mass is 32.2. The van der Waals surface area contributed by atoms with Gasteiger partial charge in [-0.2, -0.15) is 4.98 Å². The summed E-state index contributed by atoms with van der Waals surface area (Å²) in [5, 5.41) is 3.52. The fraction of sp³-hybridized carbons (Fsp3) is 0.273. The van der Waals surface area contributed by atoms with E-state index in [1.807, 2.05) is 18.2 Å². The number of aromatic nitrogens is 2. The van der Waals surface area contributed by atoms with Crippen LogP contribution in [-0.4, -0.2) is 30.1 Å². The fourth-order valence-corrected chi connectivity index (χ4v) is 3.72. The van der Waals surface area contributed by atoms with Crippen LogP contribution >= 0.6 is 11.8 Å². The van der Waals surface area contributed by atoms with Gasteiger partial charge in [0.2, 0.25) is 16.4 Å². The van der Waals surface area contributed by atoms with Crippen LogP contribution in [0.4, 0.5) is 5.69 Å². The van der Waals surface area contributed by atoms with Gasteiger partial charge >= 0.3 is 0 Å². The summed E-state index contributed by atoms with van der Waals surface area (Å²) in [6.07, 6.45) is 1.15. The molecule has 0 saturated heterocycles. The fourth-order valence-electron chi connectivity index (χ4n) is 1.39. The number of nitrogens with two attached hydrogens (primary N) is 1. The number of rotatable bonds is 7. The Morgan fingerprint density at radius 2 is 2.15 bits per heavy atom. The first-order chi connectivity index (χ1) is 9.57. The summed E-state index contributed by atoms with van der Waals surface area (Å²) in [5.74, 6) is 0.702. The van der Waals surface area contributed by atoms with Crippen LogP contribution in [0.2, 0.25) is 0 Å². The van der Waals surface area contributed by atoms with E-state index in [1.54, 1.807) is 6.07 Å². The molecule has 0 aliphatic carbocycles. The zero-order valence-electron chi connectivity index (χ0n) is 10.5. The molecule has 0 amide bonds. The first-order valence-electron chi connectivity index (χ1n) is 5.77. The molecule has 0 radical (unpaired) electrons. The number of nitrogens with zero attached hydrogens (tertiary/aromatic N) is 2. The van der Waals surface area contributed by atoms with E-state index in [2.05, 4.69) is 19.4 Å². The van der Waals surface area contributed by atoms with Gasteiger partial charge in [0.25, 0.3) is 0 Å². The largest absolute Gasteiger partial charge is 0.398 e. The van der Waals surface area contributed by atoms with Crippen molar-refractivity contribution in [2.75, 3.05) is 17.2 Å². The lowest BCUT2D eigenvalue weighted by Crippen LogP contribution is -2.27. The second-order valence-electron chi connectivity index (χ2n) is 3.87. The number of nitrogen functional groups attached to an aromatic ring is 1. The molecule has 1 heterocycles. The van der Waals surface area contributed by atoms with Gasteiger partial charge in [0.1, 0.15) is 0 Å². The number of sulfonamides is 1. The van der Waals surface area contributed by atoms with Gasteiger partial charge in [0, 0.05) is 16.3 Å². The summed E-state index contributed by atoms with van der Waals surface area (Å²) >= 11 is 1.40. The van der Waals surface area contributed by atoms with Crippen molar-refractivity contribution in [2.45, 2.75) is 11.4 Å². The zero-order valence-corrected chi connectivity index (χ0v) is 12.2. The highest BCUT2D eigenvalue weighted by molar-refractivity contribution is 8.00. The molecule has 1 aromatic heterocycles. The van der Waals surface area contributed by atoms with Crippen LogP contribution in [0.3, 0.4) is 0 Å². The second kappa shape index (κ2) is 6.73. The summed E-state index contributed by atoms with van der Waals surface area (Å²) in [6.45, 7) is 0.0248. The molecule has 0 saturated carbocycles. The van der Waals surface area contributed by atoms with Crippen LogP contribution in [0.15, 0.2) is 40.1 Å². The SMILES string of the molecule is Nc1ccccc1SCCS(=O)(=O)NCc1ncon1. The molecule has 3 N–H and O–H groups in total. The van der Waals surface area contributed by atoms with E-state index in [0.29, 0.717) is 17.3 Å². The standard InChI is InChI=1S/C11H14N4O3S2/c12-9-3-1-2-4-10(9)19-5-6-20(16,17)14-7-11-13-8-18-15-11/h1-4,8,14H,5-7,12H2. The number of nitrogens with one attached hydrogen (secondary N) is 1. The molecule has 0 atom stereocenters. The number of thioether (sulfide) groups is 1. The van der Waals surface area contributed by atoms with Crippen molar-refractivity contribution in [3.63, 3.8) is 0 Å². The number of hydrogen-bond donors (Lipinski definition) is 2. The maximum Gasteiger partial charge on any atom is 0.213 e. The van der Waals surface area contributed by atoms with Gasteiger partial charge in [-0.1, -0.05) is 17.3 Å². The van der Waals surface area contributed by atoms with E-state index < -0.39 is 10.0 Å². The van der Waals surface area contributed by atoms with Gasteiger partial charge in [-0.3, -0.25) is 0 Å². The van der Waals surface area contributed by atoms with Crippen molar-refractivity contribution < 1.29 is 12.9 Å². The Morgan fingerprint density at radius 3 is 2.85 bits per heavy atom. The molecular formula is C11H14N4O3S2. The monoisotopic (exact) mass is 314 g/mol. The molecule has 2 rings (SSSR count). The lowest BCUT2D eigenvalue weighted by atomic mass is 10.3. The van der Waals surface area contributed by atoms with Crippen molar-refractivity contribution in [1.29, 1.82) is 0 Å². The van der Waals surface area contributed by atoms with Crippen LogP contribution in [0.1, 0.15) is 5.82 Å². The summed E-state index contributed by atoms with van der Waals surface area (Å²) in [5.41, 5.74) is 6.43. The summed E-state index contributed by atoms with van der Waals surface area (Å²) < 4.78 is 30.4. The number of anilines is 1. The minimum atomic E-state index is -3.37. The Morgan fingerprint density at radius 1 is 1.35 bits per heavy atom. The Bertz CT molecular complexity index is 643. The lowest BCUT2D eigenvalue weighted by Gasteiger charge is -2.06. The Labute approximate surface area is 121 Å². The topological polar surface area (TPSA) is 111 Å². The summed E-state index contributed by atoms with van der Waals surface area (Å²) in [7, 11) is -3.37. The predicted molar refractivity (Wildman–Crippen MR) is 76.5 cm³/mol. The number of hydrogen-bond acceptors (Lipinski definition) is 7. The predicted octanol–water partition coefficient (Wildman–Crippen LogP) is 0.863. The zero-order chi connectivity index (χ0) is 14.4. The minimum absolute atomic E-state index is 0.0101. The van der Waals surface area contributed by atoms with Crippen molar-refractivity contribution in [3.05, 3.63) is 36.5 Å². The van der Waals surface area contributed by atoms with Crippen molar-refractivity contribution in [1.82, 2.24) is 14.9 Å². The van der Waals surface area contributed by atoms with E-state index >= 15 is 0 Å². The van der Waals surface area contributed by atoms with Crippen LogP contribution in [-0.2, 0) is 16.6 Å². The van der Waals surface area contributed by atoms with E-state index in [1.165, 1.54) is 11.8 Å². The normalized spacial score (nSPS) is 11.6. The van der Waals surface area contributed by atoms with Gasteiger partial charge in [-0.15, -0.1) is 11.8 Å². The first kappa shape index (κ1) is 14.8. The van der Waals surface area contributed by atoms with Gasteiger partial charge < -0.3 is 10.3 Å². The highest BCUT2D eigenvalue weighted by Gasteiger charge is 2.12. The van der Waals surface area contributed by atoms with E-state index in [4.69, 9.17) is 5.73 Å². The maximum atomic E-state index is 11.8. The van der Waals surface area contributed by atoms with Gasteiger partial charge in [-0.25, -0.2) is 13.1 Å². The molecule has 20 heavy (non-hydrogen) atoms. The summed E-state index contributed by atoms with van der Waals surface area (Å²) in [4.78, 5) is 4.61. The molecular weight excluding hydrogens is 300 g/mol. The average Bonchev–Trinajstić information content (AvgIpc) is 2.92. The average molecular weight is 314 g/mol. The molecule has 0 fully saturated rings. The van der Waals surface area contributed by atoms with E-state index in [0.717, 1.165) is 11.3 Å². The Kier molecular flexibility index (Phi) is 4.99. The quantitative estimate of drug-likeness (QED) is 0.576. The molecule has 7 nitrogen and oxygen atoms in total. The van der Waals surface area contributed by atoms with E-state index in [-0.39, 0.29) is 12.3 Å². The molecule has 108 valence electrons. The third-order valence-corrected chi connectivity index (χ3v) is 5.06. The Hall–Kier alpha value is -1.58. The van der Waals surface area contributed by atoms with Crippen LogP contribution < -0.4 is 10.5 Å². The Balaban J connectivity index is 1.79. The minimum Gasteiger partial charge on any atom is -0.398 e. The van der Waals surface area contributed by atoms with Gasteiger partial charge in [0.05, 0.1) is 12.3 Å². The number of benzene rings is 1. The van der Waals surface area contributed by atoms with Crippen LogP contribution in [0.25, 0.3) is 0 Å². The van der Waals surface area contributed by atoms with Crippen molar-refractivity contribution in [3.8, 4) is 0 Å². The number of para-hydroxylation sites is 1. The van der Waals surface area contributed by atoms with Crippen LogP contribution in [0.5, 0.6) is 0 Å². The molecule has 0 bridgehead atoms. The molecule has 0 spiro atoms. The molecule has 1 aromatic carbocycles. The molecule has 2 aromatic rings. The lowest BCUT2D eigenvalue weighted by molar-refractivity contribution is 0.409. The molecule has 0 aliphatic rings. The maximum absolute atomic E-state index is 11.8. The van der Waals surface area contributed by atoms with Gasteiger partial charge in [-0.05, 0) is 12.1 Å². The van der Waals surface area contributed by atoms with Gasteiger partial charge in [0.15, 0.2) is 5.82 Å². The van der Waals surface area contributed by atoms with Crippen LogP contribution in [0, 0.1) is 0 Å². The second-order valence-corrected chi connectivity index (χ2v) is 6.94. The van der Waals surface area contributed by atoms with Crippen molar-refractivity contribution in [2.24, 2.45) is 0 Å². The third kappa shape index (κ3) is 4.51. The highest BCUT2D eigenvalue weighted by Crippen LogP contribution is 2.24. The smallest absolute Gasteiger partial charge is 0.213 e. The summed E-state index contributed by atoms with van der Waals surface area (Å²) in [6, 6.07) is 7.34.